The molecule has 0 unspecified atom stereocenters. The molecule has 5 nitrogen and oxygen atoms in total. The highest BCUT2D eigenvalue weighted by molar-refractivity contribution is 7.88. The minimum atomic E-state index is -3.39. The number of hydrogen-bond acceptors (Lipinski definition) is 4. The Kier molecular flexibility index (Phi) is 5.24. The molecular formula is C14H18ClNO4S. The number of ether oxygens (including phenoxy) is 1. The maximum absolute atomic E-state index is 12.4. The second kappa shape index (κ2) is 6.77. The van der Waals surface area contributed by atoms with Gasteiger partial charge in [-0.25, -0.2) is 12.7 Å². The predicted octanol–water partition coefficient (Wildman–Crippen LogP) is 2.05. The van der Waals surface area contributed by atoms with Gasteiger partial charge in [0.2, 0.25) is 10.0 Å². The molecule has 0 spiro atoms. The van der Waals surface area contributed by atoms with Gasteiger partial charge in [-0.05, 0) is 30.5 Å². The summed E-state index contributed by atoms with van der Waals surface area (Å²) in [4.78, 5) is 11.4. The van der Waals surface area contributed by atoms with E-state index in [1.54, 1.807) is 24.3 Å². The lowest BCUT2D eigenvalue weighted by molar-refractivity contribution is -0.146. The molecule has 1 aromatic rings. The van der Waals surface area contributed by atoms with Crippen molar-refractivity contribution in [3.05, 3.63) is 34.9 Å². The zero-order valence-corrected chi connectivity index (χ0v) is 13.4. The van der Waals surface area contributed by atoms with Crippen molar-refractivity contribution in [3.8, 4) is 0 Å². The molecule has 1 aliphatic rings. The summed E-state index contributed by atoms with van der Waals surface area (Å²) in [7, 11) is -2.03. The fraction of sp³-hybridized carbons (Fsp3) is 0.500. The molecule has 1 heterocycles. The quantitative estimate of drug-likeness (QED) is 0.792. The third kappa shape index (κ3) is 4.18. The number of methoxy groups -OCH3 is 1. The summed E-state index contributed by atoms with van der Waals surface area (Å²) < 4.78 is 30.9. The van der Waals surface area contributed by atoms with Gasteiger partial charge < -0.3 is 4.74 Å². The monoisotopic (exact) mass is 331 g/mol. The minimum Gasteiger partial charge on any atom is -0.469 e. The number of esters is 1. The molecule has 0 aliphatic carbocycles. The summed E-state index contributed by atoms with van der Waals surface area (Å²) in [5.74, 6) is -0.536. The van der Waals surface area contributed by atoms with Crippen LogP contribution in [0.15, 0.2) is 24.3 Å². The lowest BCUT2D eigenvalue weighted by atomic mass is 9.99. The van der Waals surface area contributed by atoms with Crippen LogP contribution in [-0.2, 0) is 25.3 Å². The van der Waals surface area contributed by atoms with Crippen LogP contribution in [0.1, 0.15) is 18.4 Å². The van der Waals surface area contributed by atoms with Crippen molar-refractivity contribution < 1.29 is 17.9 Å². The Balaban J connectivity index is 2.00. The first-order valence-electron chi connectivity index (χ1n) is 6.72. The first-order valence-corrected chi connectivity index (χ1v) is 8.71. The Bertz CT molecular complexity index is 609. The smallest absolute Gasteiger partial charge is 0.308 e. The van der Waals surface area contributed by atoms with Crippen molar-refractivity contribution in [2.75, 3.05) is 20.2 Å². The average molecular weight is 332 g/mol. The summed E-state index contributed by atoms with van der Waals surface area (Å²) in [6, 6.07) is 6.83. The van der Waals surface area contributed by atoms with E-state index in [9.17, 15) is 13.2 Å². The summed E-state index contributed by atoms with van der Waals surface area (Å²) >= 11 is 5.87. The van der Waals surface area contributed by atoms with Crippen LogP contribution in [0, 0.1) is 5.92 Å². The molecule has 0 atom stereocenters. The number of piperidine rings is 1. The molecule has 0 radical (unpaired) electrons. The summed E-state index contributed by atoms with van der Waals surface area (Å²) in [6.45, 7) is 0.700. The van der Waals surface area contributed by atoms with Gasteiger partial charge in [0, 0.05) is 18.1 Å². The zero-order chi connectivity index (χ0) is 15.5. The SMILES string of the molecule is COC(=O)C1CCN(S(=O)(=O)Cc2cccc(Cl)c2)CC1. The van der Waals surface area contributed by atoms with Crippen molar-refractivity contribution in [2.45, 2.75) is 18.6 Å². The average Bonchev–Trinajstić information content (AvgIpc) is 2.46. The van der Waals surface area contributed by atoms with Gasteiger partial charge in [-0.3, -0.25) is 4.79 Å². The number of sulfonamides is 1. The molecule has 0 N–H and O–H groups in total. The first-order chi connectivity index (χ1) is 9.92. The summed E-state index contributed by atoms with van der Waals surface area (Å²) in [6.07, 6.45) is 1.00. The maximum atomic E-state index is 12.4. The number of benzene rings is 1. The predicted molar refractivity (Wildman–Crippen MR) is 80.4 cm³/mol. The van der Waals surface area contributed by atoms with Gasteiger partial charge in [0.05, 0.1) is 18.8 Å². The molecule has 1 aromatic carbocycles. The fourth-order valence-electron chi connectivity index (χ4n) is 2.46. The molecule has 0 amide bonds. The van der Waals surface area contributed by atoms with Gasteiger partial charge in [0.15, 0.2) is 0 Å². The molecule has 0 aromatic heterocycles. The molecule has 116 valence electrons. The van der Waals surface area contributed by atoms with Crippen LogP contribution < -0.4 is 0 Å². The van der Waals surface area contributed by atoms with Crippen LogP contribution in [0.5, 0.6) is 0 Å². The van der Waals surface area contributed by atoms with Gasteiger partial charge in [0.25, 0.3) is 0 Å². The Morgan fingerprint density at radius 1 is 1.38 bits per heavy atom. The van der Waals surface area contributed by atoms with E-state index in [1.807, 2.05) is 0 Å². The Morgan fingerprint density at radius 2 is 2.05 bits per heavy atom. The van der Waals surface area contributed by atoms with E-state index in [0.29, 0.717) is 36.5 Å². The van der Waals surface area contributed by atoms with Gasteiger partial charge in [-0.1, -0.05) is 23.7 Å². The van der Waals surface area contributed by atoms with Crippen LogP contribution >= 0.6 is 11.6 Å². The largest absolute Gasteiger partial charge is 0.469 e. The first kappa shape index (κ1) is 16.3. The van der Waals surface area contributed by atoms with Crippen molar-refractivity contribution in [3.63, 3.8) is 0 Å². The van der Waals surface area contributed by atoms with E-state index < -0.39 is 10.0 Å². The van der Waals surface area contributed by atoms with Crippen molar-refractivity contribution in [2.24, 2.45) is 5.92 Å². The molecule has 1 saturated heterocycles. The molecule has 0 bridgehead atoms. The maximum Gasteiger partial charge on any atom is 0.308 e. The fourth-order valence-corrected chi connectivity index (χ4v) is 4.23. The number of nitrogens with zero attached hydrogens (tertiary/aromatic N) is 1. The standard InChI is InChI=1S/C14H18ClNO4S/c1-20-14(17)12-5-7-16(8-6-12)21(18,19)10-11-3-2-4-13(15)9-11/h2-4,9,12H,5-8,10H2,1H3. The highest BCUT2D eigenvalue weighted by atomic mass is 35.5. The Morgan fingerprint density at radius 3 is 2.62 bits per heavy atom. The van der Waals surface area contributed by atoms with Crippen LogP contribution in [0.3, 0.4) is 0 Å². The lowest BCUT2D eigenvalue weighted by Crippen LogP contribution is -2.41. The molecule has 1 fully saturated rings. The Hall–Kier alpha value is -1.11. The molecule has 0 saturated carbocycles. The van der Waals surface area contributed by atoms with Gasteiger partial charge in [0.1, 0.15) is 0 Å². The molecule has 2 rings (SSSR count). The van der Waals surface area contributed by atoms with Crippen molar-refractivity contribution >= 4 is 27.6 Å². The molecule has 21 heavy (non-hydrogen) atoms. The third-order valence-corrected chi connectivity index (χ3v) is 5.71. The van der Waals surface area contributed by atoms with Crippen LogP contribution in [0.4, 0.5) is 0 Å². The van der Waals surface area contributed by atoms with Crippen LogP contribution in [-0.4, -0.2) is 38.9 Å². The van der Waals surface area contributed by atoms with E-state index in [1.165, 1.54) is 11.4 Å². The van der Waals surface area contributed by atoms with E-state index in [2.05, 4.69) is 0 Å². The lowest BCUT2D eigenvalue weighted by Gasteiger charge is -2.29. The van der Waals surface area contributed by atoms with Crippen LogP contribution in [0.2, 0.25) is 5.02 Å². The molecular weight excluding hydrogens is 314 g/mol. The van der Waals surface area contributed by atoms with Gasteiger partial charge >= 0.3 is 5.97 Å². The van der Waals surface area contributed by atoms with Crippen LogP contribution in [0.25, 0.3) is 0 Å². The highest BCUT2D eigenvalue weighted by Gasteiger charge is 2.31. The van der Waals surface area contributed by atoms with E-state index in [4.69, 9.17) is 16.3 Å². The number of carbonyl (C=O) groups is 1. The topological polar surface area (TPSA) is 63.7 Å². The number of halogens is 1. The molecule has 7 heteroatoms. The number of carbonyl (C=O) groups excluding carboxylic acids is 1. The van der Waals surface area contributed by atoms with E-state index >= 15 is 0 Å². The second-order valence-corrected chi connectivity index (χ2v) is 7.49. The van der Waals surface area contributed by atoms with E-state index in [0.717, 1.165) is 0 Å². The number of rotatable bonds is 4. The normalized spacial score (nSPS) is 17.6. The van der Waals surface area contributed by atoms with Gasteiger partial charge in [-0.2, -0.15) is 0 Å². The number of hydrogen-bond donors (Lipinski definition) is 0. The summed E-state index contributed by atoms with van der Waals surface area (Å²) in [5, 5.41) is 0.520. The summed E-state index contributed by atoms with van der Waals surface area (Å²) in [5.41, 5.74) is 0.664. The second-order valence-electron chi connectivity index (χ2n) is 5.08. The Labute approximate surface area is 129 Å². The van der Waals surface area contributed by atoms with Crippen molar-refractivity contribution in [1.82, 2.24) is 4.31 Å². The van der Waals surface area contributed by atoms with E-state index in [-0.39, 0.29) is 17.6 Å². The third-order valence-electron chi connectivity index (χ3n) is 3.62. The zero-order valence-electron chi connectivity index (χ0n) is 11.8. The minimum absolute atomic E-state index is 0.0730. The molecule has 1 aliphatic heterocycles. The van der Waals surface area contributed by atoms with Gasteiger partial charge in [-0.15, -0.1) is 0 Å². The highest BCUT2D eigenvalue weighted by Crippen LogP contribution is 2.23. The van der Waals surface area contributed by atoms with Crippen molar-refractivity contribution in [1.29, 1.82) is 0 Å².